The molecule has 0 bridgehead atoms. The molecule has 132 valence electrons. The van der Waals surface area contributed by atoms with Crippen molar-refractivity contribution in [2.45, 2.75) is 32.8 Å². The van der Waals surface area contributed by atoms with Crippen molar-refractivity contribution in [1.82, 2.24) is 19.4 Å². The molecular formula is C18H16N4O2S2. The zero-order chi connectivity index (χ0) is 17.7. The SMILES string of the molecule is CC1CCc2c(sc3ncnc(OCc4cc(=O)n5ccsc5n4)c23)C1. The van der Waals surface area contributed by atoms with Crippen molar-refractivity contribution in [2.75, 3.05) is 0 Å². The average molecular weight is 384 g/mol. The molecule has 0 saturated carbocycles. The molecule has 4 aromatic rings. The van der Waals surface area contributed by atoms with Crippen LogP contribution in [-0.2, 0) is 19.4 Å². The first-order valence-electron chi connectivity index (χ1n) is 8.53. The van der Waals surface area contributed by atoms with Gasteiger partial charge in [-0.25, -0.2) is 15.0 Å². The fraction of sp³-hybridized carbons (Fsp3) is 0.333. The van der Waals surface area contributed by atoms with Gasteiger partial charge >= 0.3 is 0 Å². The van der Waals surface area contributed by atoms with Gasteiger partial charge in [-0.1, -0.05) is 6.92 Å². The quantitative estimate of drug-likeness (QED) is 0.541. The van der Waals surface area contributed by atoms with Gasteiger partial charge in [0.25, 0.3) is 5.56 Å². The van der Waals surface area contributed by atoms with Crippen LogP contribution in [0.4, 0.5) is 0 Å². The predicted octanol–water partition coefficient (Wildman–Crippen LogP) is 3.46. The maximum atomic E-state index is 12.1. The third kappa shape index (κ3) is 2.60. The van der Waals surface area contributed by atoms with E-state index in [9.17, 15) is 4.79 Å². The number of thiazole rings is 1. The van der Waals surface area contributed by atoms with Crippen LogP contribution < -0.4 is 10.3 Å². The molecule has 0 N–H and O–H groups in total. The van der Waals surface area contributed by atoms with Crippen LogP contribution in [0.15, 0.2) is 28.8 Å². The van der Waals surface area contributed by atoms with Crippen LogP contribution in [-0.4, -0.2) is 19.4 Å². The van der Waals surface area contributed by atoms with Gasteiger partial charge in [0.05, 0.1) is 11.1 Å². The lowest BCUT2D eigenvalue weighted by atomic mass is 9.89. The third-order valence-corrected chi connectivity index (χ3v) is 6.69. The number of aryl methyl sites for hydroxylation is 1. The van der Waals surface area contributed by atoms with Crippen LogP contribution in [0, 0.1) is 5.92 Å². The van der Waals surface area contributed by atoms with Gasteiger partial charge in [-0.2, -0.15) is 0 Å². The summed E-state index contributed by atoms with van der Waals surface area (Å²) in [7, 11) is 0. The minimum absolute atomic E-state index is 0.0930. The molecule has 0 radical (unpaired) electrons. The highest BCUT2D eigenvalue weighted by atomic mass is 32.1. The van der Waals surface area contributed by atoms with E-state index in [1.165, 1.54) is 38.7 Å². The summed E-state index contributed by atoms with van der Waals surface area (Å²) in [4.78, 5) is 28.5. The topological polar surface area (TPSA) is 69.4 Å². The van der Waals surface area contributed by atoms with E-state index in [2.05, 4.69) is 21.9 Å². The second-order valence-electron chi connectivity index (χ2n) is 6.64. The van der Waals surface area contributed by atoms with Crippen LogP contribution in [0.1, 0.15) is 29.5 Å². The van der Waals surface area contributed by atoms with E-state index in [4.69, 9.17) is 4.74 Å². The lowest BCUT2D eigenvalue weighted by Gasteiger charge is -2.18. The fourth-order valence-electron chi connectivity index (χ4n) is 3.46. The summed E-state index contributed by atoms with van der Waals surface area (Å²) in [5, 5.41) is 2.88. The van der Waals surface area contributed by atoms with Gasteiger partial charge in [0.1, 0.15) is 17.8 Å². The summed E-state index contributed by atoms with van der Waals surface area (Å²) in [5.74, 6) is 1.30. The Kier molecular flexibility index (Phi) is 3.75. The first-order valence-corrected chi connectivity index (χ1v) is 10.2. The van der Waals surface area contributed by atoms with Gasteiger partial charge in [-0.05, 0) is 30.7 Å². The first-order chi connectivity index (χ1) is 12.7. The summed E-state index contributed by atoms with van der Waals surface area (Å²) in [6.07, 6.45) is 6.60. The lowest BCUT2D eigenvalue weighted by molar-refractivity contribution is 0.293. The fourth-order valence-corrected chi connectivity index (χ4v) is 5.54. The van der Waals surface area contributed by atoms with Crippen LogP contribution in [0.2, 0.25) is 0 Å². The molecule has 0 aromatic carbocycles. The molecule has 8 heteroatoms. The van der Waals surface area contributed by atoms with E-state index in [-0.39, 0.29) is 12.2 Å². The Morgan fingerprint density at radius 3 is 3.23 bits per heavy atom. The molecule has 0 aliphatic heterocycles. The van der Waals surface area contributed by atoms with Crippen LogP contribution in [0.25, 0.3) is 15.2 Å². The number of hydrogen-bond acceptors (Lipinski definition) is 7. The smallest absolute Gasteiger partial charge is 0.258 e. The second-order valence-corrected chi connectivity index (χ2v) is 8.60. The third-order valence-electron chi connectivity index (χ3n) is 4.77. The van der Waals surface area contributed by atoms with Gasteiger partial charge in [0.2, 0.25) is 5.88 Å². The van der Waals surface area contributed by atoms with E-state index >= 15 is 0 Å². The summed E-state index contributed by atoms with van der Waals surface area (Å²) in [6, 6.07) is 1.52. The minimum Gasteiger partial charge on any atom is -0.471 e. The summed E-state index contributed by atoms with van der Waals surface area (Å²) in [6.45, 7) is 2.51. The zero-order valence-corrected chi connectivity index (χ0v) is 15.8. The number of thiophene rings is 1. The Morgan fingerprint density at radius 2 is 2.31 bits per heavy atom. The molecule has 4 aromatic heterocycles. The van der Waals surface area contributed by atoms with E-state index in [0.29, 0.717) is 22.5 Å². The number of ether oxygens (including phenoxy) is 1. The molecule has 0 amide bonds. The number of rotatable bonds is 3. The van der Waals surface area contributed by atoms with Crippen molar-refractivity contribution in [2.24, 2.45) is 5.92 Å². The van der Waals surface area contributed by atoms with Crippen LogP contribution in [0.5, 0.6) is 5.88 Å². The molecule has 0 spiro atoms. The summed E-state index contributed by atoms with van der Waals surface area (Å²) < 4.78 is 7.52. The second kappa shape index (κ2) is 6.14. The number of nitrogens with zero attached hydrogens (tertiary/aromatic N) is 4. The molecule has 1 aliphatic rings. The molecular weight excluding hydrogens is 368 g/mol. The maximum Gasteiger partial charge on any atom is 0.258 e. The van der Waals surface area contributed by atoms with Gasteiger partial charge < -0.3 is 4.74 Å². The lowest BCUT2D eigenvalue weighted by Crippen LogP contribution is -2.14. The molecule has 0 saturated heterocycles. The zero-order valence-electron chi connectivity index (χ0n) is 14.1. The highest BCUT2D eigenvalue weighted by Crippen LogP contribution is 2.40. The Morgan fingerprint density at radius 1 is 1.38 bits per heavy atom. The largest absolute Gasteiger partial charge is 0.471 e. The average Bonchev–Trinajstić information content (AvgIpc) is 3.23. The van der Waals surface area contributed by atoms with E-state index in [1.807, 2.05) is 5.38 Å². The van der Waals surface area contributed by atoms with Crippen molar-refractivity contribution in [3.05, 3.63) is 50.5 Å². The van der Waals surface area contributed by atoms with Crippen LogP contribution in [0.3, 0.4) is 0 Å². The molecule has 0 fully saturated rings. The van der Waals surface area contributed by atoms with Crippen molar-refractivity contribution >= 4 is 37.9 Å². The standard InChI is InChI=1S/C18H16N4O2S2/c1-10-2-3-12-13(6-10)26-17-15(12)16(19-9-20-17)24-8-11-7-14(23)22-4-5-25-18(22)21-11/h4-5,7,9-10H,2-3,6,8H2,1H3. The molecule has 1 unspecified atom stereocenters. The van der Waals surface area contributed by atoms with Gasteiger partial charge in [-0.15, -0.1) is 22.7 Å². The number of hydrogen-bond donors (Lipinski definition) is 0. The number of aromatic nitrogens is 4. The Labute approximate surface area is 157 Å². The molecule has 4 heterocycles. The van der Waals surface area contributed by atoms with Crippen molar-refractivity contribution in [3.8, 4) is 5.88 Å². The van der Waals surface area contributed by atoms with E-state index in [1.54, 1.807) is 23.9 Å². The summed E-state index contributed by atoms with van der Waals surface area (Å²) in [5.41, 5.74) is 1.85. The molecule has 5 rings (SSSR count). The van der Waals surface area contributed by atoms with E-state index < -0.39 is 0 Å². The van der Waals surface area contributed by atoms with Crippen molar-refractivity contribution < 1.29 is 4.74 Å². The minimum atomic E-state index is -0.0930. The highest BCUT2D eigenvalue weighted by Gasteiger charge is 2.23. The Bertz CT molecular complexity index is 1180. The molecule has 1 aliphatic carbocycles. The Balaban J connectivity index is 1.50. The molecule has 6 nitrogen and oxygen atoms in total. The van der Waals surface area contributed by atoms with Gasteiger partial charge in [0, 0.05) is 22.5 Å². The first kappa shape index (κ1) is 15.9. The van der Waals surface area contributed by atoms with Crippen molar-refractivity contribution in [3.63, 3.8) is 0 Å². The molecule has 26 heavy (non-hydrogen) atoms. The molecule has 1 atom stereocenters. The van der Waals surface area contributed by atoms with Crippen LogP contribution >= 0.6 is 22.7 Å². The normalized spacial score (nSPS) is 16.9. The Hall–Kier alpha value is -2.32. The monoisotopic (exact) mass is 384 g/mol. The van der Waals surface area contributed by atoms with E-state index in [0.717, 1.165) is 23.1 Å². The van der Waals surface area contributed by atoms with Gasteiger partial charge in [0.15, 0.2) is 4.96 Å². The van der Waals surface area contributed by atoms with Crippen molar-refractivity contribution in [1.29, 1.82) is 0 Å². The number of fused-ring (bicyclic) bond motifs is 4. The highest BCUT2D eigenvalue weighted by molar-refractivity contribution is 7.18. The van der Waals surface area contributed by atoms with Gasteiger partial charge in [-0.3, -0.25) is 9.20 Å². The summed E-state index contributed by atoms with van der Waals surface area (Å²) >= 11 is 3.18. The predicted molar refractivity (Wildman–Crippen MR) is 102 cm³/mol. The maximum absolute atomic E-state index is 12.1.